The van der Waals surface area contributed by atoms with Gasteiger partial charge in [0.2, 0.25) is 18.2 Å². The average Bonchev–Trinajstić information content (AvgIpc) is 3.37. The number of para-hydroxylation sites is 1. The number of anilines is 1. The lowest BCUT2D eigenvalue weighted by Gasteiger charge is -2.44. The zero-order valence-electron chi connectivity index (χ0n) is 23.9. The number of carbonyl (C=O) groups is 3. The molecule has 7 nitrogen and oxygen atoms in total. The van der Waals surface area contributed by atoms with E-state index in [-0.39, 0.29) is 23.7 Å². The monoisotopic (exact) mass is 532 g/mol. The van der Waals surface area contributed by atoms with Crippen molar-refractivity contribution in [2.45, 2.75) is 71.0 Å². The Morgan fingerprint density at radius 3 is 2.18 bits per heavy atom. The highest BCUT2D eigenvalue weighted by atomic mass is 16.2. The maximum atomic E-state index is 14.2. The number of nitrogens with zero attached hydrogens (tertiary/aromatic N) is 3. The topological polar surface area (TPSA) is 73.0 Å². The van der Waals surface area contributed by atoms with Gasteiger partial charge in [-0.15, -0.1) is 0 Å². The second-order valence-corrected chi connectivity index (χ2v) is 11.3. The summed E-state index contributed by atoms with van der Waals surface area (Å²) in [5, 5.41) is 3.15. The van der Waals surface area contributed by atoms with Gasteiger partial charge in [0.05, 0.1) is 0 Å². The summed E-state index contributed by atoms with van der Waals surface area (Å²) in [6, 6.07) is 15.0. The molecule has 1 heterocycles. The molecule has 39 heavy (non-hydrogen) atoms. The molecular weight excluding hydrogens is 488 g/mol. The molecule has 2 aromatic rings. The molecule has 0 radical (unpaired) electrons. The van der Waals surface area contributed by atoms with Crippen LogP contribution in [0.15, 0.2) is 48.5 Å². The molecule has 1 N–H and O–H groups in total. The van der Waals surface area contributed by atoms with Crippen LogP contribution >= 0.6 is 0 Å². The smallest absolute Gasteiger partial charge is 0.246 e. The average molecular weight is 533 g/mol. The molecule has 2 aliphatic rings. The number of hydrogen-bond acceptors (Lipinski definition) is 4. The number of piperazine rings is 1. The van der Waals surface area contributed by atoms with Crippen molar-refractivity contribution in [3.8, 4) is 0 Å². The first-order valence-electron chi connectivity index (χ1n) is 14.5. The molecule has 1 aliphatic heterocycles. The molecular formula is C32H44N4O3. The number of carbonyl (C=O) groups excluding carboxylic acids is 3. The Labute approximate surface area is 233 Å². The van der Waals surface area contributed by atoms with Crippen LogP contribution in [0.2, 0.25) is 0 Å². The Hall–Kier alpha value is -3.19. The summed E-state index contributed by atoms with van der Waals surface area (Å²) in [6.07, 6.45) is 5.97. The van der Waals surface area contributed by atoms with Crippen molar-refractivity contribution in [3.63, 3.8) is 0 Å². The largest absolute Gasteiger partial charge is 0.342 e. The van der Waals surface area contributed by atoms with E-state index in [0.29, 0.717) is 13.1 Å². The molecule has 210 valence electrons. The molecule has 1 fully saturated rings. The summed E-state index contributed by atoms with van der Waals surface area (Å²) < 4.78 is 0. The second-order valence-electron chi connectivity index (χ2n) is 11.3. The van der Waals surface area contributed by atoms with Gasteiger partial charge in [-0.1, -0.05) is 69.2 Å². The third-order valence-electron chi connectivity index (χ3n) is 8.52. The molecule has 0 aromatic heterocycles. The number of amides is 3. The lowest BCUT2D eigenvalue weighted by molar-refractivity contribution is -0.154. The predicted molar refractivity (Wildman–Crippen MR) is 155 cm³/mol. The minimum Gasteiger partial charge on any atom is -0.342 e. The van der Waals surface area contributed by atoms with Gasteiger partial charge in [0.15, 0.2) is 0 Å². The molecule has 1 aliphatic carbocycles. The predicted octanol–water partition coefficient (Wildman–Crippen LogP) is 4.04. The summed E-state index contributed by atoms with van der Waals surface area (Å²) in [5.41, 5.74) is 4.23. The zero-order valence-corrected chi connectivity index (χ0v) is 23.9. The van der Waals surface area contributed by atoms with E-state index in [1.165, 1.54) is 11.1 Å². The molecule has 0 spiro atoms. The van der Waals surface area contributed by atoms with Gasteiger partial charge < -0.3 is 20.0 Å². The van der Waals surface area contributed by atoms with Crippen LogP contribution < -0.4 is 10.2 Å². The van der Waals surface area contributed by atoms with Crippen LogP contribution in [-0.4, -0.2) is 67.3 Å². The second kappa shape index (κ2) is 13.2. The fourth-order valence-corrected chi connectivity index (χ4v) is 6.33. The summed E-state index contributed by atoms with van der Waals surface area (Å²) in [4.78, 5) is 45.7. The highest BCUT2D eigenvalue weighted by Crippen LogP contribution is 2.34. The van der Waals surface area contributed by atoms with Crippen LogP contribution in [0.3, 0.4) is 0 Å². The number of hydrogen-bond donors (Lipinski definition) is 1. The van der Waals surface area contributed by atoms with Crippen LogP contribution in [0, 0.1) is 11.8 Å². The first-order chi connectivity index (χ1) is 18.9. The van der Waals surface area contributed by atoms with Crippen LogP contribution in [0.25, 0.3) is 0 Å². The molecule has 2 atom stereocenters. The van der Waals surface area contributed by atoms with Gasteiger partial charge >= 0.3 is 0 Å². The van der Waals surface area contributed by atoms with Gasteiger partial charge in [0.25, 0.3) is 0 Å². The normalized spacial score (nSPS) is 19.5. The molecule has 7 heteroatoms. The molecule has 0 saturated carbocycles. The Morgan fingerprint density at radius 1 is 0.949 bits per heavy atom. The molecule has 2 aromatic carbocycles. The zero-order chi connectivity index (χ0) is 27.9. The SMILES string of the molecule is CCC(CC)[C@@H]1C(=O)N[C@H](C2Cc3ccccc3C2)C(=O)N1Cc1ccccc1N(C=O)CCCCN(C)C. The van der Waals surface area contributed by atoms with Crippen molar-refractivity contribution in [2.75, 3.05) is 32.1 Å². The third-order valence-corrected chi connectivity index (χ3v) is 8.52. The van der Waals surface area contributed by atoms with Gasteiger partial charge in [0.1, 0.15) is 12.1 Å². The Bertz CT molecular complexity index is 1120. The number of benzene rings is 2. The van der Waals surface area contributed by atoms with E-state index in [1.54, 1.807) is 4.90 Å². The van der Waals surface area contributed by atoms with Crippen molar-refractivity contribution in [1.82, 2.24) is 15.1 Å². The Balaban J connectivity index is 1.60. The van der Waals surface area contributed by atoms with Crippen LogP contribution in [0.4, 0.5) is 5.69 Å². The fraction of sp³-hybridized carbons (Fsp3) is 0.531. The van der Waals surface area contributed by atoms with Crippen molar-refractivity contribution in [3.05, 3.63) is 65.2 Å². The standard InChI is InChI=1S/C32H44N4O3/c1-5-23(6-2)30-31(38)33-29(27-19-24-13-7-8-14-25(24)20-27)32(39)36(30)21-26-15-9-10-16-28(26)35(22-37)18-12-11-17-34(3)4/h7-10,13-16,22-23,27,29-30H,5-6,11-12,17-21H2,1-4H3,(H,33,38)/t29-,30-/m1/s1. The maximum absolute atomic E-state index is 14.2. The van der Waals surface area contributed by atoms with Crippen molar-refractivity contribution >= 4 is 23.9 Å². The fourth-order valence-electron chi connectivity index (χ4n) is 6.33. The van der Waals surface area contributed by atoms with Gasteiger partial charge in [0, 0.05) is 18.8 Å². The minimum absolute atomic E-state index is 0.0113. The van der Waals surface area contributed by atoms with E-state index in [9.17, 15) is 14.4 Å². The Morgan fingerprint density at radius 2 is 1.56 bits per heavy atom. The molecule has 0 unspecified atom stereocenters. The number of rotatable bonds is 13. The summed E-state index contributed by atoms with van der Waals surface area (Å²) in [5.74, 6) is 0.0406. The first kappa shape index (κ1) is 28.8. The molecule has 0 bridgehead atoms. The third kappa shape index (κ3) is 6.52. The number of nitrogens with one attached hydrogen (secondary N) is 1. The van der Waals surface area contributed by atoms with E-state index in [2.05, 4.69) is 36.2 Å². The van der Waals surface area contributed by atoms with Gasteiger partial charge in [-0.05, 0) is 80.9 Å². The molecule has 1 saturated heterocycles. The Kier molecular flexibility index (Phi) is 9.78. The molecule has 3 amide bonds. The van der Waals surface area contributed by atoms with Crippen LogP contribution in [-0.2, 0) is 33.8 Å². The summed E-state index contributed by atoms with van der Waals surface area (Å²) in [6.45, 7) is 6.05. The van der Waals surface area contributed by atoms with Gasteiger partial charge in [-0.3, -0.25) is 14.4 Å². The van der Waals surface area contributed by atoms with Crippen LogP contribution in [0.5, 0.6) is 0 Å². The van der Waals surface area contributed by atoms with E-state index in [4.69, 9.17) is 0 Å². The van der Waals surface area contributed by atoms with Crippen molar-refractivity contribution in [2.24, 2.45) is 11.8 Å². The van der Waals surface area contributed by atoms with Crippen LogP contribution in [0.1, 0.15) is 56.2 Å². The van der Waals surface area contributed by atoms with E-state index in [1.807, 2.05) is 55.4 Å². The van der Waals surface area contributed by atoms with E-state index in [0.717, 1.165) is 62.7 Å². The highest BCUT2D eigenvalue weighted by Gasteiger charge is 2.47. The van der Waals surface area contributed by atoms with E-state index < -0.39 is 12.1 Å². The minimum atomic E-state index is -0.545. The lowest BCUT2D eigenvalue weighted by atomic mass is 9.86. The number of unbranched alkanes of at least 4 members (excludes halogenated alkanes) is 1. The van der Waals surface area contributed by atoms with E-state index >= 15 is 0 Å². The highest BCUT2D eigenvalue weighted by molar-refractivity contribution is 5.97. The number of fused-ring (bicyclic) bond motifs is 1. The van der Waals surface area contributed by atoms with Gasteiger partial charge in [-0.25, -0.2) is 0 Å². The summed E-state index contributed by atoms with van der Waals surface area (Å²) in [7, 11) is 4.10. The maximum Gasteiger partial charge on any atom is 0.246 e. The first-order valence-corrected chi connectivity index (χ1v) is 14.5. The van der Waals surface area contributed by atoms with Gasteiger partial charge in [-0.2, -0.15) is 0 Å². The van der Waals surface area contributed by atoms with Crippen molar-refractivity contribution in [1.29, 1.82) is 0 Å². The lowest BCUT2D eigenvalue weighted by Crippen LogP contribution is -2.66. The van der Waals surface area contributed by atoms with Crippen molar-refractivity contribution < 1.29 is 14.4 Å². The molecule has 4 rings (SSSR count). The summed E-state index contributed by atoms with van der Waals surface area (Å²) >= 11 is 0. The quantitative estimate of drug-likeness (QED) is 0.312.